The number of amides is 3. The van der Waals surface area contributed by atoms with E-state index in [1.165, 1.54) is 0 Å². The standard InChI is InChI=1S/C13H27N3O3/c1-10(2)9-11(16-13(14)19)12(18)15-7-5-3-4-6-8-17/h10-11,17H,3-9H2,1-2H3,(H,15,18)(H3,14,16,19). The van der Waals surface area contributed by atoms with Crippen LogP contribution in [0.2, 0.25) is 0 Å². The van der Waals surface area contributed by atoms with Gasteiger partial charge < -0.3 is 21.5 Å². The molecule has 0 aromatic rings. The molecular formula is C13H27N3O3. The summed E-state index contributed by atoms with van der Waals surface area (Å²) < 4.78 is 0. The Morgan fingerprint density at radius 3 is 2.32 bits per heavy atom. The Labute approximate surface area is 115 Å². The molecule has 0 heterocycles. The van der Waals surface area contributed by atoms with Crippen molar-refractivity contribution in [3.05, 3.63) is 0 Å². The van der Waals surface area contributed by atoms with Crippen molar-refractivity contribution in [3.8, 4) is 0 Å². The lowest BCUT2D eigenvalue weighted by Crippen LogP contribution is -2.49. The van der Waals surface area contributed by atoms with E-state index in [2.05, 4.69) is 10.6 Å². The number of rotatable bonds is 10. The monoisotopic (exact) mass is 273 g/mol. The second-order valence-electron chi connectivity index (χ2n) is 5.12. The first-order valence-electron chi connectivity index (χ1n) is 6.92. The van der Waals surface area contributed by atoms with Crippen LogP contribution in [0.1, 0.15) is 46.0 Å². The van der Waals surface area contributed by atoms with Gasteiger partial charge in [-0.05, 0) is 25.2 Å². The quantitative estimate of drug-likeness (QED) is 0.441. The van der Waals surface area contributed by atoms with Gasteiger partial charge in [-0.15, -0.1) is 0 Å². The van der Waals surface area contributed by atoms with E-state index in [0.717, 1.165) is 25.7 Å². The molecule has 0 rings (SSSR count). The van der Waals surface area contributed by atoms with Crippen molar-refractivity contribution in [3.63, 3.8) is 0 Å². The molecule has 0 aliphatic carbocycles. The van der Waals surface area contributed by atoms with Crippen molar-refractivity contribution in [1.29, 1.82) is 0 Å². The van der Waals surface area contributed by atoms with Crippen molar-refractivity contribution in [2.45, 2.75) is 52.0 Å². The normalized spacial score (nSPS) is 12.2. The number of hydrogen-bond donors (Lipinski definition) is 4. The summed E-state index contributed by atoms with van der Waals surface area (Å²) in [6, 6.07) is -1.24. The van der Waals surface area contributed by atoms with E-state index >= 15 is 0 Å². The molecule has 5 N–H and O–H groups in total. The zero-order valence-electron chi connectivity index (χ0n) is 11.9. The fourth-order valence-electron chi connectivity index (χ4n) is 1.80. The van der Waals surface area contributed by atoms with Gasteiger partial charge in [0.1, 0.15) is 6.04 Å². The van der Waals surface area contributed by atoms with E-state index in [9.17, 15) is 9.59 Å². The predicted octanol–water partition coefficient (Wildman–Crippen LogP) is 0.738. The fraction of sp³-hybridized carbons (Fsp3) is 0.846. The molecule has 0 spiro atoms. The van der Waals surface area contributed by atoms with Crippen LogP contribution in [0.15, 0.2) is 0 Å². The molecule has 0 aromatic carbocycles. The smallest absolute Gasteiger partial charge is 0.312 e. The maximum absolute atomic E-state index is 11.9. The van der Waals surface area contributed by atoms with Gasteiger partial charge in [-0.2, -0.15) is 0 Å². The average Bonchev–Trinajstić information content (AvgIpc) is 2.31. The number of unbranched alkanes of at least 4 members (excludes halogenated alkanes) is 3. The molecule has 0 aliphatic rings. The summed E-state index contributed by atoms with van der Waals surface area (Å²) in [7, 11) is 0. The van der Waals surface area contributed by atoms with E-state index in [1.54, 1.807) is 0 Å². The largest absolute Gasteiger partial charge is 0.396 e. The molecule has 19 heavy (non-hydrogen) atoms. The number of aliphatic hydroxyl groups is 1. The number of carbonyl (C=O) groups excluding carboxylic acids is 2. The summed E-state index contributed by atoms with van der Waals surface area (Å²) in [5.41, 5.74) is 5.06. The van der Waals surface area contributed by atoms with E-state index in [1.807, 2.05) is 13.8 Å². The number of nitrogens with two attached hydrogens (primary N) is 1. The Hall–Kier alpha value is -1.30. The molecule has 0 bridgehead atoms. The minimum atomic E-state index is -0.677. The van der Waals surface area contributed by atoms with Crippen molar-refractivity contribution in [2.75, 3.05) is 13.2 Å². The minimum absolute atomic E-state index is 0.186. The SMILES string of the molecule is CC(C)CC(NC(N)=O)C(=O)NCCCCCCO. The third-order valence-corrected chi connectivity index (χ3v) is 2.72. The first kappa shape index (κ1) is 17.7. The van der Waals surface area contributed by atoms with Gasteiger partial charge in [0, 0.05) is 13.2 Å². The number of urea groups is 1. The Morgan fingerprint density at radius 2 is 1.79 bits per heavy atom. The molecule has 112 valence electrons. The zero-order valence-corrected chi connectivity index (χ0v) is 11.9. The molecule has 6 heteroatoms. The highest BCUT2D eigenvalue weighted by Crippen LogP contribution is 2.05. The van der Waals surface area contributed by atoms with Crippen LogP contribution < -0.4 is 16.4 Å². The Bertz CT molecular complexity index is 270. The van der Waals surface area contributed by atoms with Crippen molar-refractivity contribution in [2.24, 2.45) is 11.7 Å². The first-order valence-corrected chi connectivity index (χ1v) is 6.92. The van der Waals surface area contributed by atoms with E-state index in [-0.39, 0.29) is 12.5 Å². The van der Waals surface area contributed by atoms with E-state index in [0.29, 0.717) is 18.9 Å². The average molecular weight is 273 g/mol. The highest BCUT2D eigenvalue weighted by molar-refractivity contribution is 5.86. The highest BCUT2D eigenvalue weighted by atomic mass is 16.3. The predicted molar refractivity (Wildman–Crippen MR) is 74.5 cm³/mol. The Balaban J connectivity index is 3.93. The molecule has 1 atom stereocenters. The minimum Gasteiger partial charge on any atom is -0.396 e. The van der Waals surface area contributed by atoms with Crippen molar-refractivity contribution in [1.82, 2.24) is 10.6 Å². The van der Waals surface area contributed by atoms with Crippen LogP contribution in [-0.4, -0.2) is 36.2 Å². The molecule has 0 fully saturated rings. The number of primary amides is 1. The van der Waals surface area contributed by atoms with Gasteiger partial charge in [-0.1, -0.05) is 26.7 Å². The topological polar surface area (TPSA) is 104 Å². The Morgan fingerprint density at radius 1 is 1.16 bits per heavy atom. The van der Waals surface area contributed by atoms with E-state index < -0.39 is 12.1 Å². The fourth-order valence-corrected chi connectivity index (χ4v) is 1.80. The lowest BCUT2D eigenvalue weighted by atomic mass is 10.0. The molecular weight excluding hydrogens is 246 g/mol. The third kappa shape index (κ3) is 10.3. The van der Waals surface area contributed by atoms with Crippen LogP contribution >= 0.6 is 0 Å². The van der Waals surface area contributed by atoms with Crippen LogP contribution in [0.4, 0.5) is 4.79 Å². The summed E-state index contributed by atoms with van der Waals surface area (Å²) >= 11 is 0. The maximum Gasteiger partial charge on any atom is 0.312 e. The third-order valence-electron chi connectivity index (χ3n) is 2.72. The van der Waals surface area contributed by atoms with Gasteiger partial charge in [0.25, 0.3) is 0 Å². The lowest BCUT2D eigenvalue weighted by molar-refractivity contribution is -0.123. The molecule has 0 radical (unpaired) electrons. The van der Waals surface area contributed by atoms with E-state index in [4.69, 9.17) is 10.8 Å². The molecule has 0 aromatic heterocycles. The van der Waals surface area contributed by atoms with Gasteiger partial charge in [0.2, 0.25) is 5.91 Å². The van der Waals surface area contributed by atoms with Crippen LogP contribution in [0.3, 0.4) is 0 Å². The van der Waals surface area contributed by atoms with Gasteiger partial charge in [0.05, 0.1) is 0 Å². The number of carbonyl (C=O) groups is 2. The van der Waals surface area contributed by atoms with Gasteiger partial charge in [-0.3, -0.25) is 4.79 Å². The summed E-state index contributed by atoms with van der Waals surface area (Å²) in [4.78, 5) is 22.7. The molecule has 3 amide bonds. The second kappa shape index (κ2) is 10.6. The van der Waals surface area contributed by atoms with Crippen LogP contribution in [0.25, 0.3) is 0 Å². The van der Waals surface area contributed by atoms with Crippen molar-refractivity contribution < 1.29 is 14.7 Å². The van der Waals surface area contributed by atoms with Crippen LogP contribution in [0, 0.1) is 5.92 Å². The number of aliphatic hydroxyl groups excluding tert-OH is 1. The van der Waals surface area contributed by atoms with Gasteiger partial charge >= 0.3 is 6.03 Å². The summed E-state index contributed by atoms with van der Waals surface area (Å²) in [6.45, 7) is 4.76. The zero-order chi connectivity index (χ0) is 14.7. The summed E-state index contributed by atoms with van der Waals surface area (Å²) in [5, 5.41) is 13.9. The van der Waals surface area contributed by atoms with Gasteiger partial charge in [-0.25, -0.2) is 4.79 Å². The first-order chi connectivity index (χ1) is 8.97. The molecule has 0 saturated carbocycles. The lowest BCUT2D eigenvalue weighted by Gasteiger charge is -2.19. The van der Waals surface area contributed by atoms with Crippen LogP contribution in [0.5, 0.6) is 0 Å². The summed E-state index contributed by atoms with van der Waals surface area (Å²) in [6.07, 6.45) is 4.17. The molecule has 0 aliphatic heterocycles. The highest BCUT2D eigenvalue weighted by Gasteiger charge is 2.20. The Kier molecular flexibility index (Phi) is 9.88. The number of nitrogens with one attached hydrogen (secondary N) is 2. The number of hydrogen-bond acceptors (Lipinski definition) is 3. The molecule has 1 unspecified atom stereocenters. The summed E-state index contributed by atoms with van der Waals surface area (Å²) in [5.74, 6) is 0.113. The maximum atomic E-state index is 11.9. The van der Waals surface area contributed by atoms with Gasteiger partial charge in [0.15, 0.2) is 0 Å². The second-order valence-corrected chi connectivity index (χ2v) is 5.12. The molecule has 0 saturated heterocycles. The van der Waals surface area contributed by atoms with Crippen molar-refractivity contribution >= 4 is 11.9 Å². The molecule has 6 nitrogen and oxygen atoms in total. The van der Waals surface area contributed by atoms with Crippen LogP contribution in [-0.2, 0) is 4.79 Å².